The van der Waals surface area contributed by atoms with Crippen molar-refractivity contribution < 1.29 is 0 Å². The molecule has 0 saturated carbocycles. The zero-order chi connectivity index (χ0) is 16.4. The van der Waals surface area contributed by atoms with Gasteiger partial charge in [0, 0.05) is 18.5 Å². The molecular weight excluding hydrogens is 302 g/mol. The Kier molecular flexibility index (Phi) is 4.44. The molecule has 0 atom stereocenters. The van der Waals surface area contributed by atoms with Crippen LogP contribution >= 0.6 is 12.2 Å². The second-order valence-electron chi connectivity index (χ2n) is 6.27. The third-order valence-electron chi connectivity index (χ3n) is 3.88. The van der Waals surface area contributed by atoms with Gasteiger partial charge in [-0.05, 0) is 29.7 Å². The first-order valence-corrected chi connectivity index (χ1v) is 8.28. The van der Waals surface area contributed by atoms with Crippen LogP contribution in [0.5, 0.6) is 0 Å². The van der Waals surface area contributed by atoms with Gasteiger partial charge in [0.15, 0.2) is 0 Å². The minimum Gasteiger partial charge on any atom is -0.389 e. The van der Waals surface area contributed by atoms with E-state index in [2.05, 4.69) is 48.7 Å². The molecule has 2 aromatic carbocycles. The Balaban J connectivity index is 2.04. The molecule has 2 N–H and O–H groups in total. The van der Waals surface area contributed by atoms with E-state index < -0.39 is 0 Å². The smallest absolute Gasteiger partial charge is 0.110 e. The molecule has 3 rings (SSSR count). The fourth-order valence-corrected chi connectivity index (χ4v) is 2.96. The number of thiocarbonyl (C=S) groups is 1. The molecule has 1 aromatic heterocycles. The summed E-state index contributed by atoms with van der Waals surface area (Å²) >= 11 is 5.09. The van der Waals surface area contributed by atoms with Crippen molar-refractivity contribution in [2.75, 3.05) is 0 Å². The number of aromatic nitrogens is 2. The first-order valence-electron chi connectivity index (χ1n) is 7.87. The number of benzene rings is 2. The lowest BCUT2D eigenvalue weighted by atomic mass is 10.1. The second kappa shape index (κ2) is 6.50. The summed E-state index contributed by atoms with van der Waals surface area (Å²) in [6, 6.07) is 16.4. The Morgan fingerprint density at radius 1 is 1.17 bits per heavy atom. The van der Waals surface area contributed by atoms with Gasteiger partial charge in [0.1, 0.15) is 10.8 Å². The van der Waals surface area contributed by atoms with Crippen molar-refractivity contribution in [1.82, 2.24) is 9.55 Å². The van der Waals surface area contributed by atoms with Gasteiger partial charge in [-0.2, -0.15) is 0 Å². The monoisotopic (exact) mass is 323 g/mol. The SMILES string of the molecule is CC(C)Cc1nc2ccccc2n1Cc1cccc(C(N)=S)c1. The zero-order valence-electron chi connectivity index (χ0n) is 13.5. The molecule has 4 heteroatoms. The van der Waals surface area contributed by atoms with Gasteiger partial charge in [-0.1, -0.05) is 56.4 Å². The summed E-state index contributed by atoms with van der Waals surface area (Å²) < 4.78 is 2.30. The van der Waals surface area contributed by atoms with Crippen LogP contribution in [-0.4, -0.2) is 14.5 Å². The van der Waals surface area contributed by atoms with Gasteiger partial charge < -0.3 is 10.3 Å². The molecule has 0 unspecified atom stereocenters. The van der Waals surface area contributed by atoms with Crippen LogP contribution in [0.25, 0.3) is 11.0 Å². The molecule has 1 heterocycles. The van der Waals surface area contributed by atoms with Crippen LogP contribution in [0.1, 0.15) is 30.8 Å². The molecule has 23 heavy (non-hydrogen) atoms. The van der Waals surface area contributed by atoms with E-state index in [9.17, 15) is 0 Å². The fraction of sp³-hybridized carbons (Fsp3) is 0.263. The van der Waals surface area contributed by atoms with E-state index in [0.29, 0.717) is 10.9 Å². The molecule has 0 radical (unpaired) electrons. The van der Waals surface area contributed by atoms with Gasteiger partial charge in [0.2, 0.25) is 0 Å². The van der Waals surface area contributed by atoms with Crippen molar-refractivity contribution in [2.24, 2.45) is 11.7 Å². The lowest BCUT2D eigenvalue weighted by Crippen LogP contribution is -2.11. The van der Waals surface area contributed by atoms with E-state index in [4.69, 9.17) is 22.9 Å². The average molecular weight is 323 g/mol. The minimum atomic E-state index is 0.435. The molecule has 0 amide bonds. The first-order chi connectivity index (χ1) is 11.0. The molecular formula is C19H21N3S. The van der Waals surface area contributed by atoms with Crippen LogP contribution in [0.3, 0.4) is 0 Å². The van der Waals surface area contributed by atoms with Crippen LogP contribution in [0.2, 0.25) is 0 Å². The fourth-order valence-electron chi connectivity index (χ4n) is 2.83. The summed E-state index contributed by atoms with van der Waals surface area (Å²) in [5.41, 5.74) is 10.1. The average Bonchev–Trinajstić information content (AvgIpc) is 2.84. The van der Waals surface area contributed by atoms with E-state index in [0.717, 1.165) is 29.9 Å². The third-order valence-corrected chi connectivity index (χ3v) is 4.11. The summed E-state index contributed by atoms with van der Waals surface area (Å²) in [5.74, 6) is 1.69. The van der Waals surface area contributed by atoms with Crippen molar-refractivity contribution >= 4 is 28.2 Å². The van der Waals surface area contributed by atoms with Gasteiger partial charge in [-0.25, -0.2) is 4.98 Å². The maximum absolute atomic E-state index is 5.75. The largest absolute Gasteiger partial charge is 0.389 e. The van der Waals surface area contributed by atoms with E-state index in [-0.39, 0.29) is 0 Å². The Morgan fingerprint density at radius 2 is 1.96 bits per heavy atom. The summed E-state index contributed by atoms with van der Waals surface area (Å²) in [7, 11) is 0. The van der Waals surface area contributed by atoms with Gasteiger partial charge in [-0.15, -0.1) is 0 Å². The summed E-state index contributed by atoms with van der Waals surface area (Å²) in [5, 5.41) is 0. The quantitative estimate of drug-likeness (QED) is 0.724. The topological polar surface area (TPSA) is 43.8 Å². The van der Waals surface area contributed by atoms with Gasteiger partial charge in [0.05, 0.1) is 11.0 Å². The standard InChI is InChI=1S/C19H21N3S/c1-13(2)10-18-21-16-8-3-4-9-17(16)22(18)12-14-6-5-7-15(11-14)19(20)23/h3-9,11,13H,10,12H2,1-2H3,(H2,20,23). The Morgan fingerprint density at radius 3 is 2.70 bits per heavy atom. The van der Waals surface area contributed by atoms with Crippen LogP contribution in [0.15, 0.2) is 48.5 Å². The summed E-state index contributed by atoms with van der Waals surface area (Å²) in [6.07, 6.45) is 0.962. The molecule has 0 spiro atoms. The molecule has 0 saturated heterocycles. The highest BCUT2D eigenvalue weighted by Crippen LogP contribution is 2.20. The highest BCUT2D eigenvalue weighted by molar-refractivity contribution is 7.80. The van der Waals surface area contributed by atoms with Crippen LogP contribution in [-0.2, 0) is 13.0 Å². The molecule has 0 aliphatic heterocycles. The minimum absolute atomic E-state index is 0.435. The number of nitrogens with two attached hydrogens (primary N) is 1. The number of rotatable bonds is 5. The van der Waals surface area contributed by atoms with Gasteiger partial charge >= 0.3 is 0 Å². The van der Waals surface area contributed by atoms with E-state index in [1.807, 2.05) is 18.2 Å². The zero-order valence-corrected chi connectivity index (χ0v) is 14.3. The van der Waals surface area contributed by atoms with Crippen molar-refractivity contribution in [3.63, 3.8) is 0 Å². The molecule has 3 aromatic rings. The van der Waals surface area contributed by atoms with Gasteiger partial charge in [-0.3, -0.25) is 0 Å². The predicted octanol–water partition coefficient (Wildman–Crippen LogP) is 3.92. The molecule has 118 valence electrons. The van der Waals surface area contributed by atoms with E-state index in [1.165, 1.54) is 11.1 Å². The van der Waals surface area contributed by atoms with Crippen LogP contribution in [0, 0.1) is 5.92 Å². The molecule has 0 bridgehead atoms. The Hall–Kier alpha value is -2.20. The molecule has 0 aliphatic rings. The van der Waals surface area contributed by atoms with Crippen LogP contribution < -0.4 is 5.73 Å². The summed E-state index contributed by atoms with van der Waals surface area (Å²) in [6.45, 7) is 5.22. The second-order valence-corrected chi connectivity index (χ2v) is 6.71. The van der Waals surface area contributed by atoms with Gasteiger partial charge in [0.25, 0.3) is 0 Å². The van der Waals surface area contributed by atoms with Crippen molar-refractivity contribution in [1.29, 1.82) is 0 Å². The maximum atomic E-state index is 5.75. The highest BCUT2D eigenvalue weighted by Gasteiger charge is 2.12. The third kappa shape index (κ3) is 3.42. The number of hydrogen-bond acceptors (Lipinski definition) is 2. The van der Waals surface area contributed by atoms with Crippen molar-refractivity contribution in [3.05, 3.63) is 65.5 Å². The molecule has 0 fully saturated rings. The summed E-state index contributed by atoms with van der Waals surface area (Å²) in [4.78, 5) is 5.25. The first kappa shape index (κ1) is 15.7. The molecule has 0 aliphatic carbocycles. The Bertz CT molecular complexity index is 849. The number of para-hydroxylation sites is 2. The molecule has 3 nitrogen and oxygen atoms in total. The Labute approximate surface area is 142 Å². The van der Waals surface area contributed by atoms with E-state index >= 15 is 0 Å². The number of hydrogen-bond donors (Lipinski definition) is 1. The van der Waals surface area contributed by atoms with Crippen molar-refractivity contribution in [3.8, 4) is 0 Å². The van der Waals surface area contributed by atoms with E-state index in [1.54, 1.807) is 0 Å². The highest BCUT2D eigenvalue weighted by atomic mass is 32.1. The maximum Gasteiger partial charge on any atom is 0.110 e. The number of fused-ring (bicyclic) bond motifs is 1. The number of imidazole rings is 1. The van der Waals surface area contributed by atoms with Crippen LogP contribution in [0.4, 0.5) is 0 Å². The number of nitrogens with zero attached hydrogens (tertiary/aromatic N) is 2. The van der Waals surface area contributed by atoms with Crippen molar-refractivity contribution in [2.45, 2.75) is 26.8 Å². The normalized spacial score (nSPS) is 11.3. The predicted molar refractivity (Wildman–Crippen MR) is 99.7 cm³/mol. The lowest BCUT2D eigenvalue weighted by molar-refractivity contribution is 0.595. The lowest BCUT2D eigenvalue weighted by Gasteiger charge is -2.12.